The molecule has 84 valence electrons. The van der Waals surface area contributed by atoms with Crippen molar-refractivity contribution in [1.29, 1.82) is 0 Å². The molecule has 0 saturated carbocycles. The van der Waals surface area contributed by atoms with Crippen molar-refractivity contribution >= 4 is 11.8 Å². The zero-order valence-corrected chi connectivity index (χ0v) is 9.91. The molecule has 1 heterocycles. The van der Waals surface area contributed by atoms with Crippen molar-refractivity contribution < 1.29 is 9.59 Å². The van der Waals surface area contributed by atoms with E-state index in [4.69, 9.17) is 0 Å². The van der Waals surface area contributed by atoms with E-state index in [1.54, 1.807) is 0 Å². The summed E-state index contributed by atoms with van der Waals surface area (Å²) in [5, 5.41) is 0. The van der Waals surface area contributed by atoms with E-state index in [1.165, 1.54) is 17.1 Å². The van der Waals surface area contributed by atoms with Gasteiger partial charge in [-0.2, -0.15) is 0 Å². The Morgan fingerprint density at radius 1 is 1.27 bits per heavy atom. The quantitative estimate of drug-likeness (QED) is 0.665. The number of imide groups is 1. The molecule has 3 heteroatoms. The predicted octanol–water partition coefficient (Wildman–Crippen LogP) is 2.13. The fourth-order valence-corrected chi connectivity index (χ4v) is 2.21. The highest BCUT2D eigenvalue weighted by molar-refractivity contribution is 6.13. The SMILES string of the molecule is CCC(C)(CC(C)C)N1C(=O)C=CC1=O. The van der Waals surface area contributed by atoms with Gasteiger partial charge in [0.25, 0.3) is 11.8 Å². The molecule has 0 bridgehead atoms. The zero-order valence-electron chi connectivity index (χ0n) is 9.91. The fourth-order valence-electron chi connectivity index (χ4n) is 2.21. The van der Waals surface area contributed by atoms with E-state index >= 15 is 0 Å². The van der Waals surface area contributed by atoms with E-state index in [9.17, 15) is 9.59 Å². The van der Waals surface area contributed by atoms with Crippen LogP contribution in [0.2, 0.25) is 0 Å². The third kappa shape index (κ3) is 2.28. The van der Waals surface area contributed by atoms with Crippen LogP contribution in [0.1, 0.15) is 40.5 Å². The number of hydrogen-bond donors (Lipinski definition) is 0. The number of carbonyl (C=O) groups is 2. The Hall–Kier alpha value is -1.12. The smallest absolute Gasteiger partial charge is 0.254 e. The van der Waals surface area contributed by atoms with Crippen molar-refractivity contribution in [1.82, 2.24) is 4.90 Å². The van der Waals surface area contributed by atoms with Gasteiger partial charge in [-0.25, -0.2) is 0 Å². The van der Waals surface area contributed by atoms with Crippen LogP contribution in [0, 0.1) is 5.92 Å². The molecular formula is C12H19NO2. The highest BCUT2D eigenvalue weighted by Gasteiger charge is 2.39. The van der Waals surface area contributed by atoms with Crippen LogP contribution in [0.4, 0.5) is 0 Å². The number of rotatable bonds is 4. The molecule has 0 aliphatic carbocycles. The van der Waals surface area contributed by atoms with E-state index in [0.717, 1.165) is 12.8 Å². The lowest BCUT2D eigenvalue weighted by molar-refractivity contribution is -0.144. The molecule has 3 nitrogen and oxygen atoms in total. The van der Waals surface area contributed by atoms with Gasteiger partial charge in [-0.1, -0.05) is 20.8 Å². The second kappa shape index (κ2) is 4.17. The highest BCUT2D eigenvalue weighted by atomic mass is 16.2. The molecule has 0 radical (unpaired) electrons. The van der Waals surface area contributed by atoms with Crippen LogP contribution in [0.25, 0.3) is 0 Å². The van der Waals surface area contributed by atoms with Crippen molar-refractivity contribution in [3.8, 4) is 0 Å². The standard InChI is InChI=1S/C12H19NO2/c1-5-12(4,8-9(2)3)13-10(14)6-7-11(13)15/h6-7,9H,5,8H2,1-4H3. The molecule has 0 saturated heterocycles. The molecule has 2 amide bonds. The van der Waals surface area contributed by atoms with E-state index in [0.29, 0.717) is 5.92 Å². The van der Waals surface area contributed by atoms with Gasteiger partial charge < -0.3 is 0 Å². The lowest BCUT2D eigenvalue weighted by Crippen LogP contribution is -2.50. The topological polar surface area (TPSA) is 37.4 Å². The Balaban J connectivity index is 2.91. The summed E-state index contributed by atoms with van der Waals surface area (Å²) < 4.78 is 0. The first-order valence-corrected chi connectivity index (χ1v) is 5.47. The second-order valence-electron chi connectivity index (χ2n) is 4.79. The minimum atomic E-state index is -0.341. The Labute approximate surface area is 91.1 Å². The molecule has 15 heavy (non-hydrogen) atoms. The summed E-state index contributed by atoms with van der Waals surface area (Å²) in [6.07, 6.45) is 4.36. The third-order valence-electron chi connectivity index (χ3n) is 2.96. The van der Waals surface area contributed by atoms with Crippen molar-refractivity contribution in [2.75, 3.05) is 0 Å². The monoisotopic (exact) mass is 209 g/mol. The first kappa shape index (κ1) is 12.0. The van der Waals surface area contributed by atoms with Crippen LogP contribution in [0.5, 0.6) is 0 Å². The van der Waals surface area contributed by atoms with Crippen molar-refractivity contribution in [2.45, 2.75) is 46.1 Å². The van der Waals surface area contributed by atoms with Crippen LogP contribution in [-0.2, 0) is 9.59 Å². The van der Waals surface area contributed by atoms with Gasteiger partial charge in [0.1, 0.15) is 0 Å². The maximum atomic E-state index is 11.6. The molecule has 1 aliphatic rings. The predicted molar refractivity (Wildman–Crippen MR) is 59.1 cm³/mol. The van der Waals surface area contributed by atoms with Gasteiger partial charge in [-0.05, 0) is 25.7 Å². The molecule has 1 aliphatic heterocycles. The average Bonchev–Trinajstić information content (AvgIpc) is 2.45. The summed E-state index contributed by atoms with van der Waals surface area (Å²) in [5.74, 6) is 0.117. The largest absolute Gasteiger partial charge is 0.269 e. The molecule has 1 unspecified atom stereocenters. The second-order valence-corrected chi connectivity index (χ2v) is 4.79. The molecule has 0 aromatic rings. The first-order chi connectivity index (χ1) is 6.90. The number of hydrogen-bond acceptors (Lipinski definition) is 2. The fraction of sp³-hybridized carbons (Fsp3) is 0.667. The maximum absolute atomic E-state index is 11.6. The molecule has 0 fully saturated rings. The average molecular weight is 209 g/mol. The Bertz CT molecular complexity index is 289. The van der Waals surface area contributed by atoms with E-state index in [2.05, 4.69) is 13.8 Å². The minimum Gasteiger partial charge on any atom is -0.269 e. The van der Waals surface area contributed by atoms with Crippen LogP contribution in [0.15, 0.2) is 12.2 Å². The summed E-state index contributed by atoms with van der Waals surface area (Å²) in [5.41, 5.74) is -0.341. The third-order valence-corrected chi connectivity index (χ3v) is 2.96. The molecule has 1 rings (SSSR count). The van der Waals surface area contributed by atoms with E-state index < -0.39 is 0 Å². The normalized spacial score (nSPS) is 20.2. The molecule has 0 spiro atoms. The van der Waals surface area contributed by atoms with E-state index in [-0.39, 0.29) is 17.4 Å². The van der Waals surface area contributed by atoms with Gasteiger partial charge in [-0.3, -0.25) is 14.5 Å². The van der Waals surface area contributed by atoms with Crippen LogP contribution >= 0.6 is 0 Å². The molecular weight excluding hydrogens is 190 g/mol. The van der Waals surface area contributed by atoms with Crippen LogP contribution in [0.3, 0.4) is 0 Å². The van der Waals surface area contributed by atoms with Gasteiger partial charge in [0.2, 0.25) is 0 Å². The molecule has 0 aromatic heterocycles. The Morgan fingerprint density at radius 3 is 2.07 bits per heavy atom. The Kier molecular flexibility index (Phi) is 3.32. The van der Waals surface area contributed by atoms with Crippen LogP contribution in [-0.4, -0.2) is 22.3 Å². The first-order valence-electron chi connectivity index (χ1n) is 5.47. The molecule has 1 atom stereocenters. The van der Waals surface area contributed by atoms with Gasteiger partial charge in [0.05, 0.1) is 0 Å². The molecule has 0 aromatic carbocycles. The lowest BCUT2D eigenvalue weighted by Gasteiger charge is -2.38. The van der Waals surface area contributed by atoms with Crippen LogP contribution < -0.4 is 0 Å². The zero-order chi connectivity index (χ0) is 11.6. The van der Waals surface area contributed by atoms with Crippen molar-refractivity contribution in [3.63, 3.8) is 0 Å². The lowest BCUT2D eigenvalue weighted by atomic mass is 9.86. The van der Waals surface area contributed by atoms with Crippen molar-refractivity contribution in [3.05, 3.63) is 12.2 Å². The summed E-state index contributed by atoms with van der Waals surface area (Å²) in [6, 6.07) is 0. The van der Waals surface area contributed by atoms with E-state index in [1.807, 2.05) is 13.8 Å². The minimum absolute atomic E-state index is 0.176. The Morgan fingerprint density at radius 2 is 1.73 bits per heavy atom. The summed E-state index contributed by atoms with van der Waals surface area (Å²) >= 11 is 0. The molecule has 0 N–H and O–H groups in total. The summed E-state index contributed by atoms with van der Waals surface area (Å²) in [7, 11) is 0. The maximum Gasteiger partial charge on any atom is 0.254 e. The van der Waals surface area contributed by atoms with Crippen molar-refractivity contribution in [2.24, 2.45) is 5.92 Å². The number of carbonyl (C=O) groups excluding carboxylic acids is 2. The van der Waals surface area contributed by atoms with Gasteiger partial charge in [-0.15, -0.1) is 0 Å². The van der Waals surface area contributed by atoms with Gasteiger partial charge in [0, 0.05) is 17.7 Å². The van der Waals surface area contributed by atoms with Gasteiger partial charge >= 0.3 is 0 Å². The number of nitrogens with zero attached hydrogens (tertiary/aromatic N) is 1. The number of amides is 2. The highest BCUT2D eigenvalue weighted by Crippen LogP contribution is 2.29. The summed E-state index contributed by atoms with van der Waals surface area (Å²) in [4.78, 5) is 24.6. The summed E-state index contributed by atoms with van der Waals surface area (Å²) in [6.45, 7) is 8.20. The van der Waals surface area contributed by atoms with Gasteiger partial charge in [0.15, 0.2) is 0 Å².